The van der Waals surface area contributed by atoms with Gasteiger partial charge in [-0.1, -0.05) is 30.1 Å². The zero-order valence-electron chi connectivity index (χ0n) is 6.41. The molecule has 3 nitrogen and oxygen atoms in total. The lowest BCUT2D eigenvalue weighted by molar-refractivity contribution is -0.141. The zero-order valence-corrected chi connectivity index (χ0v) is 8.73. The van der Waals surface area contributed by atoms with E-state index in [0.29, 0.717) is 5.75 Å². The first-order valence-electron chi connectivity index (χ1n) is 2.98. The quantitative estimate of drug-likeness (QED) is 0.732. The molecule has 0 saturated carbocycles. The predicted molar refractivity (Wildman–Crippen MR) is 52.6 cm³/mol. The van der Waals surface area contributed by atoms with Gasteiger partial charge in [0.05, 0.1) is 0 Å². The predicted octanol–water partition coefficient (Wildman–Crippen LogP) is 2.08. The number of halogens is 2. The van der Waals surface area contributed by atoms with E-state index in [-0.39, 0.29) is 0 Å². The molecule has 0 aliphatic rings. The van der Waals surface area contributed by atoms with Crippen molar-refractivity contribution in [3.8, 4) is 0 Å². The number of carboxylic acids is 1. The minimum absolute atomic E-state index is 0.619. The van der Waals surface area contributed by atoms with E-state index >= 15 is 0 Å². The first-order chi connectivity index (χ1) is 5.59. The number of thioether (sulfide) groups is 1. The maximum absolute atomic E-state index is 9.82. The van der Waals surface area contributed by atoms with Crippen molar-refractivity contribution in [2.75, 3.05) is 5.75 Å². The summed E-state index contributed by atoms with van der Waals surface area (Å²) in [6.07, 6.45) is 0. The van der Waals surface area contributed by atoms with Gasteiger partial charge in [-0.3, -0.25) is 0 Å². The van der Waals surface area contributed by atoms with Crippen molar-refractivity contribution < 1.29 is 15.0 Å². The molecular weight excluding hydrogens is 223 g/mol. The largest absolute Gasteiger partial charge is 0.479 e. The van der Waals surface area contributed by atoms with Crippen molar-refractivity contribution in [2.45, 2.75) is 12.4 Å². The average molecular weight is 233 g/mol. The molecule has 0 radical (unpaired) electrons. The van der Waals surface area contributed by atoms with Crippen molar-refractivity contribution in [1.29, 1.82) is 0 Å². The summed E-state index contributed by atoms with van der Waals surface area (Å²) in [6.45, 7) is 1.79. The molecule has 0 amide bonds. The smallest absolute Gasteiger partial charge is 0.343 e. The third kappa shape index (κ3) is 12.7. The standard InChI is InChI=1S/C4H8O3S.C2H2Cl2/c1-2-8-4(7)3(5)6;3-1-2-4/h4,7H,2H2,1H3,(H,5,6);1-2H. The summed E-state index contributed by atoms with van der Waals surface area (Å²) in [5, 5.41) is 16.5. The summed E-state index contributed by atoms with van der Waals surface area (Å²) < 4.78 is 0. The first-order valence-corrected chi connectivity index (χ1v) is 4.90. The SMILES string of the molecule is CCSC(O)C(=O)O.ClC=CCl. The van der Waals surface area contributed by atoms with Gasteiger partial charge in [0.15, 0.2) is 5.44 Å². The number of carbonyl (C=O) groups is 1. The van der Waals surface area contributed by atoms with Crippen molar-refractivity contribution in [1.82, 2.24) is 0 Å². The van der Waals surface area contributed by atoms with E-state index in [9.17, 15) is 4.79 Å². The fraction of sp³-hybridized carbons (Fsp3) is 0.500. The molecule has 0 aliphatic heterocycles. The molecular formula is C6H10Cl2O3S. The maximum Gasteiger partial charge on any atom is 0.343 e. The second kappa shape index (κ2) is 11.1. The highest BCUT2D eigenvalue weighted by Gasteiger charge is 2.10. The number of aliphatic carboxylic acids is 1. The molecule has 0 aliphatic carbocycles. The zero-order chi connectivity index (χ0) is 9.98. The molecule has 0 spiro atoms. The van der Waals surface area contributed by atoms with Gasteiger partial charge in [0.2, 0.25) is 0 Å². The first kappa shape index (κ1) is 14.6. The lowest BCUT2D eigenvalue weighted by atomic mass is 10.7. The summed E-state index contributed by atoms with van der Waals surface area (Å²) >= 11 is 10.7. The van der Waals surface area contributed by atoms with Crippen LogP contribution in [0.15, 0.2) is 11.1 Å². The van der Waals surface area contributed by atoms with E-state index in [1.54, 1.807) is 6.92 Å². The van der Waals surface area contributed by atoms with Crippen molar-refractivity contribution >= 4 is 40.9 Å². The van der Waals surface area contributed by atoms with Crippen LogP contribution < -0.4 is 0 Å². The molecule has 0 aromatic carbocycles. The van der Waals surface area contributed by atoms with E-state index in [4.69, 9.17) is 33.4 Å². The van der Waals surface area contributed by atoms with Crippen LogP contribution in [0.5, 0.6) is 0 Å². The summed E-state index contributed by atoms with van der Waals surface area (Å²) in [7, 11) is 0. The van der Waals surface area contributed by atoms with Crippen LogP contribution in [0.1, 0.15) is 6.92 Å². The molecule has 0 aromatic rings. The topological polar surface area (TPSA) is 57.5 Å². The molecule has 0 saturated heterocycles. The van der Waals surface area contributed by atoms with Gasteiger partial charge in [-0.25, -0.2) is 4.79 Å². The highest BCUT2D eigenvalue weighted by atomic mass is 35.5. The van der Waals surface area contributed by atoms with Gasteiger partial charge in [-0.15, -0.1) is 11.8 Å². The Balaban J connectivity index is 0. The van der Waals surface area contributed by atoms with Crippen LogP contribution in [0.25, 0.3) is 0 Å². The molecule has 6 heteroatoms. The Hall–Kier alpha value is 0.1000. The Bertz CT molecular complexity index is 137. The Morgan fingerprint density at radius 1 is 1.58 bits per heavy atom. The number of rotatable bonds is 3. The van der Waals surface area contributed by atoms with Gasteiger partial charge >= 0.3 is 5.97 Å². The summed E-state index contributed by atoms with van der Waals surface area (Å²) in [4.78, 5) is 9.82. The fourth-order valence-electron chi connectivity index (χ4n) is 0.229. The Morgan fingerprint density at radius 3 is 2.08 bits per heavy atom. The molecule has 12 heavy (non-hydrogen) atoms. The van der Waals surface area contributed by atoms with E-state index in [1.807, 2.05) is 0 Å². The summed E-state index contributed by atoms with van der Waals surface area (Å²) in [5.41, 5.74) is 1.23. The van der Waals surface area contributed by atoms with E-state index in [1.165, 1.54) is 11.1 Å². The number of aliphatic hydroxyl groups is 1. The van der Waals surface area contributed by atoms with E-state index < -0.39 is 11.4 Å². The molecule has 0 aromatic heterocycles. The van der Waals surface area contributed by atoms with Gasteiger partial charge in [0, 0.05) is 11.1 Å². The number of aliphatic hydroxyl groups excluding tert-OH is 1. The van der Waals surface area contributed by atoms with Gasteiger partial charge in [0.1, 0.15) is 0 Å². The highest BCUT2D eigenvalue weighted by Crippen LogP contribution is 2.05. The molecule has 2 N–H and O–H groups in total. The molecule has 72 valence electrons. The van der Waals surface area contributed by atoms with Crippen LogP contribution >= 0.6 is 35.0 Å². The molecule has 0 rings (SSSR count). The lowest BCUT2D eigenvalue weighted by Crippen LogP contribution is -2.14. The highest BCUT2D eigenvalue weighted by molar-refractivity contribution is 8.00. The number of hydrogen-bond donors (Lipinski definition) is 2. The van der Waals surface area contributed by atoms with E-state index in [0.717, 1.165) is 11.8 Å². The molecule has 0 heterocycles. The second-order valence-corrected chi connectivity index (χ2v) is 3.26. The minimum atomic E-state index is -1.25. The van der Waals surface area contributed by atoms with Gasteiger partial charge in [0.25, 0.3) is 0 Å². The van der Waals surface area contributed by atoms with Crippen molar-refractivity contribution in [2.24, 2.45) is 0 Å². The van der Waals surface area contributed by atoms with E-state index in [2.05, 4.69) is 0 Å². The Labute approximate surface area is 85.4 Å². The fourth-order valence-corrected chi connectivity index (χ4v) is 0.687. The van der Waals surface area contributed by atoms with Crippen LogP contribution in [0.3, 0.4) is 0 Å². The number of carboxylic acid groups (broad SMARTS) is 1. The minimum Gasteiger partial charge on any atom is -0.479 e. The number of hydrogen-bond acceptors (Lipinski definition) is 3. The van der Waals surface area contributed by atoms with Crippen molar-refractivity contribution in [3.05, 3.63) is 11.1 Å². The van der Waals surface area contributed by atoms with Gasteiger partial charge in [-0.2, -0.15) is 0 Å². The molecule has 1 atom stereocenters. The Morgan fingerprint density at radius 2 is 2.00 bits per heavy atom. The van der Waals surface area contributed by atoms with Crippen LogP contribution in [-0.2, 0) is 4.79 Å². The van der Waals surface area contributed by atoms with Crippen LogP contribution in [0.4, 0.5) is 0 Å². The Kier molecular flexibility index (Phi) is 13.5. The van der Waals surface area contributed by atoms with Gasteiger partial charge < -0.3 is 10.2 Å². The van der Waals surface area contributed by atoms with Crippen LogP contribution in [0.2, 0.25) is 0 Å². The average Bonchev–Trinajstić information content (AvgIpc) is 2.05. The third-order valence-electron chi connectivity index (χ3n) is 0.583. The summed E-state index contributed by atoms with van der Waals surface area (Å²) in [6, 6.07) is 0. The van der Waals surface area contributed by atoms with Gasteiger partial charge in [-0.05, 0) is 5.75 Å². The third-order valence-corrected chi connectivity index (χ3v) is 1.82. The second-order valence-electron chi connectivity index (χ2n) is 1.40. The maximum atomic E-state index is 9.82. The molecule has 0 fully saturated rings. The van der Waals surface area contributed by atoms with Crippen LogP contribution in [0, 0.1) is 0 Å². The summed E-state index contributed by atoms with van der Waals surface area (Å²) in [5.74, 6) is -0.551. The monoisotopic (exact) mass is 232 g/mol. The molecule has 0 bridgehead atoms. The normalized spacial score (nSPS) is 12.0. The van der Waals surface area contributed by atoms with Crippen molar-refractivity contribution in [3.63, 3.8) is 0 Å². The molecule has 1 unspecified atom stereocenters. The van der Waals surface area contributed by atoms with Crippen LogP contribution in [-0.4, -0.2) is 27.4 Å². The lowest BCUT2D eigenvalue weighted by Gasteiger charge is -1.99.